The minimum absolute atomic E-state index is 0.00967. The van der Waals surface area contributed by atoms with Crippen molar-refractivity contribution in [2.75, 3.05) is 18.1 Å². The number of anilines is 1. The van der Waals surface area contributed by atoms with Gasteiger partial charge in [0.05, 0.1) is 28.4 Å². The van der Waals surface area contributed by atoms with Crippen LogP contribution in [-0.2, 0) is 9.59 Å². The predicted molar refractivity (Wildman–Crippen MR) is 158 cm³/mol. The lowest BCUT2D eigenvalue weighted by Crippen LogP contribution is -2.29. The molecular weight excluding hydrogens is 524 g/mol. The zero-order chi connectivity index (χ0) is 28.4. The Labute approximate surface area is 237 Å². The molecule has 1 amide bonds. The van der Waals surface area contributed by atoms with Gasteiger partial charge in [-0.2, -0.15) is 0 Å². The first kappa shape index (κ1) is 27.1. The molecule has 1 N–H and O–H groups in total. The molecule has 8 heteroatoms. The lowest BCUT2D eigenvalue weighted by Gasteiger charge is -2.23. The molecule has 5 rings (SSSR count). The van der Waals surface area contributed by atoms with Crippen molar-refractivity contribution in [3.8, 4) is 11.5 Å². The lowest BCUT2D eigenvalue weighted by atomic mass is 9.95. The zero-order valence-electron chi connectivity index (χ0n) is 22.6. The first-order chi connectivity index (χ1) is 19.3. The van der Waals surface area contributed by atoms with E-state index in [4.69, 9.17) is 14.5 Å². The van der Waals surface area contributed by atoms with Crippen LogP contribution in [0.15, 0.2) is 78.9 Å². The smallest absolute Gasteiger partial charge is 0.301 e. The van der Waals surface area contributed by atoms with E-state index >= 15 is 0 Å². The Morgan fingerprint density at radius 2 is 1.85 bits per heavy atom. The van der Waals surface area contributed by atoms with Crippen LogP contribution in [0, 0.1) is 13.8 Å². The van der Waals surface area contributed by atoms with E-state index in [0.29, 0.717) is 41.0 Å². The molecule has 1 aliphatic heterocycles. The third-order valence-electron chi connectivity index (χ3n) is 6.61. The fourth-order valence-electron chi connectivity index (χ4n) is 4.82. The number of carbonyl (C=O) groups is 2. The standard InChI is InChI=1S/C32H30N2O5S/c1-5-14-38-23-12-10-21(11-13-23)28-26(29(35)22-8-7-9-24(18-22)39-15-6-2)30(36)31(37)34(28)32-33-27-20(4)16-19(3)17-25(27)40-32/h5,7-13,16-18,28,35H,1,6,14-15H2,2-4H3. The largest absolute Gasteiger partial charge is 0.507 e. The van der Waals surface area contributed by atoms with Crippen LogP contribution in [-0.4, -0.2) is 35.0 Å². The van der Waals surface area contributed by atoms with Gasteiger partial charge >= 0.3 is 5.91 Å². The molecule has 1 saturated heterocycles. The maximum absolute atomic E-state index is 13.6. The van der Waals surface area contributed by atoms with Gasteiger partial charge in [-0.25, -0.2) is 4.98 Å². The van der Waals surface area contributed by atoms with Gasteiger partial charge in [0, 0.05) is 5.56 Å². The maximum atomic E-state index is 13.6. The summed E-state index contributed by atoms with van der Waals surface area (Å²) in [5.41, 5.74) is 3.86. The molecule has 204 valence electrons. The van der Waals surface area contributed by atoms with E-state index in [9.17, 15) is 14.7 Å². The highest BCUT2D eigenvalue weighted by Crippen LogP contribution is 2.45. The molecule has 2 heterocycles. The Hall–Kier alpha value is -4.43. The third kappa shape index (κ3) is 5.10. The molecule has 40 heavy (non-hydrogen) atoms. The van der Waals surface area contributed by atoms with E-state index in [0.717, 1.165) is 27.8 Å². The summed E-state index contributed by atoms with van der Waals surface area (Å²) >= 11 is 1.34. The van der Waals surface area contributed by atoms with Crippen molar-refractivity contribution in [2.24, 2.45) is 0 Å². The number of ketones is 1. The number of Topliss-reactive ketones (excluding diaryl/α,β-unsaturated/α-hetero) is 1. The fraction of sp³-hybridized carbons (Fsp3) is 0.219. The number of hydrogen-bond acceptors (Lipinski definition) is 7. The highest BCUT2D eigenvalue weighted by molar-refractivity contribution is 7.22. The van der Waals surface area contributed by atoms with E-state index in [-0.39, 0.29) is 11.3 Å². The number of rotatable bonds is 9. The molecule has 1 atom stereocenters. The number of nitrogens with zero attached hydrogens (tertiary/aromatic N) is 2. The van der Waals surface area contributed by atoms with Gasteiger partial charge < -0.3 is 14.6 Å². The molecule has 0 bridgehead atoms. The maximum Gasteiger partial charge on any atom is 0.301 e. The number of benzene rings is 3. The first-order valence-corrected chi connectivity index (χ1v) is 13.9. The average Bonchev–Trinajstić information content (AvgIpc) is 3.49. The molecule has 1 unspecified atom stereocenters. The summed E-state index contributed by atoms with van der Waals surface area (Å²) in [6.45, 7) is 10.5. The first-order valence-electron chi connectivity index (χ1n) is 13.1. The number of amides is 1. The number of fused-ring (bicyclic) bond motifs is 1. The van der Waals surface area contributed by atoms with Gasteiger partial charge in [-0.15, -0.1) is 0 Å². The van der Waals surface area contributed by atoms with Gasteiger partial charge in [0.2, 0.25) is 0 Å². The molecule has 0 saturated carbocycles. The normalized spacial score (nSPS) is 16.5. The van der Waals surface area contributed by atoms with Crippen molar-refractivity contribution in [1.29, 1.82) is 0 Å². The quantitative estimate of drug-likeness (QED) is 0.105. The van der Waals surface area contributed by atoms with Crippen molar-refractivity contribution >= 4 is 44.1 Å². The van der Waals surface area contributed by atoms with Gasteiger partial charge in [0.1, 0.15) is 23.9 Å². The summed E-state index contributed by atoms with van der Waals surface area (Å²) in [4.78, 5) is 33.4. The highest BCUT2D eigenvalue weighted by atomic mass is 32.1. The second kappa shape index (κ2) is 11.4. The molecule has 1 aliphatic rings. The molecular formula is C32H30N2O5S. The summed E-state index contributed by atoms with van der Waals surface area (Å²) in [5.74, 6) is -0.607. The van der Waals surface area contributed by atoms with E-state index < -0.39 is 17.7 Å². The summed E-state index contributed by atoms with van der Waals surface area (Å²) in [6.07, 6.45) is 2.48. The Morgan fingerprint density at radius 1 is 1.07 bits per heavy atom. The third-order valence-corrected chi connectivity index (χ3v) is 7.61. The van der Waals surface area contributed by atoms with Gasteiger partial charge in [-0.1, -0.05) is 61.2 Å². The van der Waals surface area contributed by atoms with Crippen molar-refractivity contribution in [1.82, 2.24) is 4.98 Å². The van der Waals surface area contributed by atoms with Crippen LogP contribution in [0.5, 0.6) is 11.5 Å². The second-order valence-electron chi connectivity index (χ2n) is 9.64. The highest BCUT2D eigenvalue weighted by Gasteiger charge is 2.48. The summed E-state index contributed by atoms with van der Waals surface area (Å²) in [6, 6.07) is 17.2. The summed E-state index contributed by atoms with van der Waals surface area (Å²) in [5, 5.41) is 11.9. The van der Waals surface area contributed by atoms with Gasteiger partial charge in [-0.3, -0.25) is 14.5 Å². The SMILES string of the molecule is C=CCOc1ccc(C2C(=C(O)c3cccc(OCCC)c3)C(=O)C(=O)N2c2nc3c(C)cc(C)cc3s2)cc1. The monoisotopic (exact) mass is 554 g/mol. The van der Waals surface area contributed by atoms with Gasteiger partial charge in [0.15, 0.2) is 5.13 Å². The molecule has 0 radical (unpaired) electrons. The van der Waals surface area contributed by atoms with Crippen LogP contribution in [0.2, 0.25) is 0 Å². The number of aryl methyl sites for hydroxylation is 2. The number of carbonyl (C=O) groups excluding carboxylic acids is 2. The van der Waals surface area contributed by atoms with Gasteiger partial charge in [-0.05, 0) is 67.3 Å². The fourth-order valence-corrected chi connectivity index (χ4v) is 5.99. The van der Waals surface area contributed by atoms with Crippen LogP contribution in [0.1, 0.15) is 41.6 Å². The topological polar surface area (TPSA) is 89.0 Å². The Balaban J connectivity index is 1.67. The van der Waals surface area contributed by atoms with Crippen LogP contribution >= 0.6 is 11.3 Å². The van der Waals surface area contributed by atoms with E-state index in [1.807, 2.05) is 32.9 Å². The molecule has 4 aromatic rings. The van der Waals surface area contributed by atoms with Crippen molar-refractivity contribution in [3.05, 3.63) is 101 Å². The molecule has 0 aliphatic carbocycles. The molecule has 0 spiro atoms. The molecule has 3 aromatic carbocycles. The summed E-state index contributed by atoms with van der Waals surface area (Å²) in [7, 11) is 0. The van der Waals surface area contributed by atoms with Crippen molar-refractivity contribution < 1.29 is 24.2 Å². The number of hydrogen-bond donors (Lipinski definition) is 1. The van der Waals surface area contributed by atoms with E-state index in [1.54, 1.807) is 54.6 Å². The van der Waals surface area contributed by atoms with E-state index in [1.165, 1.54) is 16.2 Å². The number of aliphatic hydroxyl groups is 1. The Morgan fingerprint density at radius 3 is 2.58 bits per heavy atom. The van der Waals surface area contributed by atoms with Crippen molar-refractivity contribution in [3.63, 3.8) is 0 Å². The molecule has 1 fully saturated rings. The minimum Gasteiger partial charge on any atom is -0.507 e. The Bertz CT molecular complexity index is 1640. The Kier molecular flexibility index (Phi) is 7.71. The van der Waals surface area contributed by atoms with Crippen LogP contribution in [0.4, 0.5) is 5.13 Å². The average molecular weight is 555 g/mol. The minimum atomic E-state index is -0.893. The van der Waals surface area contributed by atoms with Crippen LogP contribution in [0.3, 0.4) is 0 Å². The number of ether oxygens (including phenoxy) is 2. The molecule has 1 aromatic heterocycles. The predicted octanol–water partition coefficient (Wildman–Crippen LogP) is 6.89. The summed E-state index contributed by atoms with van der Waals surface area (Å²) < 4.78 is 12.3. The van der Waals surface area contributed by atoms with Crippen molar-refractivity contribution in [2.45, 2.75) is 33.2 Å². The number of thiazole rings is 1. The zero-order valence-corrected chi connectivity index (χ0v) is 23.5. The van der Waals surface area contributed by atoms with E-state index in [2.05, 4.69) is 6.58 Å². The number of aliphatic hydroxyl groups excluding tert-OH is 1. The number of aromatic nitrogens is 1. The van der Waals surface area contributed by atoms with Crippen LogP contribution in [0.25, 0.3) is 16.0 Å². The molecule has 7 nitrogen and oxygen atoms in total. The lowest BCUT2D eigenvalue weighted by molar-refractivity contribution is -0.132. The van der Waals surface area contributed by atoms with Crippen LogP contribution < -0.4 is 14.4 Å². The van der Waals surface area contributed by atoms with Gasteiger partial charge in [0.25, 0.3) is 5.78 Å². The second-order valence-corrected chi connectivity index (χ2v) is 10.6.